The number of imidazole rings is 1. The molecule has 0 amide bonds. The Morgan fingerprint density at radius 2 is 1.70 bits per heavy atom. The highest BCUT2D eigenvalue weighted by Gasteiger charge is 2.33. The van der Waals surface area contributed by atoms with Crippen LogP contribution in [0.3, 0.4) is 0 Å². The summed E-state index contributed by atoms with van der Waals surface area (Å²) < 4.78 is 15.5. The Bertz CT molecular complexity index is 1800. The van der Waals surface area contributed by atoms with Crippen molar-refractivity contribution in [2.75, 3.05) is 43.4 Å². The molecule has 0 atom stereocenters. The third-order valence-corrected chi connectivity index (χ3v) is 8.98. The molecule has 12 heteroatoms. The van der Waals surface area contributed by atoms with Gasteiger partial charge in [0, 0.05) is 73.5 Å². The Hall–Kier alpha value is -4.44. The fourth-order valence-corrected chi connectivity index (χ4v) is 6.52. The van der Waals surface area contributed by atoms with Gasteiger partial charge in [0.05, 0.1) is 17.9 Å². The number of halogens is 1. The van der Waals surface area contributed by atoms with Gasteiger partial charge in [-0.3, -0.25) is 0 Å². The van der Waals surface area contributed by atoms with Crippen LogP contribution in [0.4, 0.5) is 15.5 Å². The Labute approximate surface area is 252 Å². The van der Waals surface area contributed by atoms with Crippen molar-refractivity contribution in [2.24, 2.45) is 0 Å². The van der Waals surface area contributed by atoms with Crippen molar-refractivity contribution in [3.8, 4) is 28.5 Å². The smallest absolute Gasteiger partial charge is 0.225 e. The van der Waals surface area contributed by atoms with Crippen molar-refractivity contribution in [3.05, 3.63) is 77.1 Å². The summed E-state index contributed by atoms with van der Waals surface area (Å²) in [5.41, 5.74) is 6.05. The van der Waals surface area contributed by atoms with Gasteiger partial charge in [0.25, 0.3) is 0 Å². The van der Waals surface area contributed by atoms with Gasteiger partial charge in [-0.25, -0.2) is 24.3 Å². The van der Waals surface area contributed by atoms with Crippen molar-refractivity contribution >= 4 is 28.1 Å². The van der Waals surface area contributed by atoms with Crippen LogP contribution in [0.1, 0.15) is 23.2 Å². The summed E-state index contributed by atoms with van der Waals surface area (Å²) in [6.07, 6.45) is 6.62. The summed E-state index contributed by atoms with van der Waals surface area (Å²) in [5, 5.41) is 17.4. The topological polar surface area (TPSA) is 110 Å². The summed E-state index contributed by atoms with van der Waals surface area (Å²) in [7, 11) is 2.15. The number of fused-ring (bicyclic) bond motifs is 1. The molecule has 0 radical (unpaired) electrons. The minimum Gasteiger partial charge on any atom is -0.356 e. The zero-order valence-corrected chi connectivity index (χ0v) is 24.8. The zero-order valence-electron chi connectivity index (χ0n) is 24.0. The largest absolute Gasteiger partial charge is 0.356 e. The summed E-state index contributed by atoms with van der Waals surface area (Å²) >= 11 is 1.28. The normalized spacial score (nSPS) is 15.8. The lowest BCUT2D eigenvalue weighted by molar-refractivity contribution is 0.145. The van der Waals surface area contributed by atoms with E-state index in [1.165, 1.54) is 23.5 Å². The maximum absolute atomic E-state index is 13.4. The molecular formula is C31H31FN10S. The summed E-state index contributed by atoms with van der Waals surface area (Å²) in [6.45, 7) is 6.65. The lowest BCUT2D eigenvalue weighted by atomic mass is 10.0. The number of nitrogens with one attached hydrogen (secondary N) is 2. The first-order valence-corrected chi connectivity index (χ1v) is 15.2. The molecule has 2 aliphatic rings. The summed E-state index contributed by atoms with van der Waals surface area (Å²) in [6, 6.07) is 13.4. The Morgan fingerprint density at radius 3 is 2.40 bits per heavy atom. The molecule has 6 heterocycles. The number of pyridine rings is 1. The van der Waals surface area contributed by atoms with Gasteiger partial charge in [-0.15, -0.1) is 0 Å². The van der Waals surface area contributed by atoms with Crippen LogP contribution in [-0.4, -0.2) is 74.5 Å². The van der Waals surface area contributed by atoms with Crippen molar-refractivity contribution in [1.82, 2.24) is 34.6 Å². The van der Waals surface area contributed by atoms with E-state index < -0.39 is 0 Å². The lowest BCUT2D eigenvalue weighted by Gasteiger charge is -2.45. The second-order valence-corrected chi connectivity index (χ2v) is 12.1. The Kier molecular flexibility index (Phi) is 7.22. The number of nitrogens with zero attached hydrogens (tertiary/aromatic N) is 8. The van der Waals surface area contributed by atoms with Crippen LogP contribution < -0.4 is 15.5 Å². The van der Waals surface area contributed by atoms with Gasteiger partial charge in [0.2, 0.25) is 5.95 Å². The second-order valence-electron chi connectivity index (χ2n) is 11.1. The zero-order chi connectivity index (χ0) is 29.5. The van der Waals surface area contributed by atoms with Gasteiger partial charge in [-0.1, -0.05) is 18.3 Å². The number of anilines is 2. The number of nitriles is 1. The van der Waals surface area contributed by atoms with Gasteiger partial charge >= 0.3 is 0 Å². The number of thiazole rings is 1. The number of likely N-dealkylation sites (N-methyl/N-ethyl adjacent to an activating group) is 1. The van der Waals surface area contributed by atoms with Gasteiger partial charge in [0.1, 0.15) is 28.1 Å². The molecule has 0 saturated carbocycles. The van der Waals surface area contributed by atoms with Gasteiger partial charge < -0.3 is 24.8 Å². The Morgan fingerprint density at radius 1 is 0.977 bits per heavy atom. The SMILES string of the molecule is CCc1nc2ccc(-c3cnc(N4CC(NC5CN(C)C5)C4)nc3)cn2c1CNc1nc(-c2ccc(F)cc2)c(C#N)s1. The first-order valence-electron chi connectivity index (χ1n) is 14.4. The van der Waals surface area contributed by atoms with E-state index >= 15 is 0 Å². The van der Waals surface area contributed by atoms with E-state index in [9.17, 15) is 9.65 Å². The number of hydrogen-bond acceptors (Lipinski definition) is 10. The van der Waals surface area contributed by atoms with Crippen LogP contribution in [0.5, 0.6) is 0 Å². The molecule has 0 bridgehead atoms. The number of aryl methyl sites for hydroxylation is 1. The predicted octanol–water partition coefficient (Wildman–Crippen LogP) is 4.19. The first kappa shape index (κ1) is 27.4. The molecule has 7 rings (SSSR count). The number of rotatable bonds is 9. The molecule has 2 saturated heterocycles. The molecule has 4 aromatic heterocycles. The standard InChI is InChI=1S/C31H31FN10S/c1-3-25-26(13-36-31-39-29(27(10-33)43-31)19-4-7-22(32)8-5-19)42-14-20(6-9-28(42)38-25)21-11-34-30(35-12-21)41-17-24(18-41)37-23-15-40(2)16-23/h4-9,11-12,14,23-24,37H,3,13,15-18H2,1-2H3,(H,36,39). The van der Waals surface area contributed by atoms with Gasteiger partial charge in [0.15, 0.2) is 5.13 Å². The molecular weight excluding hydrogens is 563 g/mol. The highest BCUT2D eigenvalue weighted by Crippen LogP contribution is 2.31. The summed E-state index contributed by atoms with van der Waals surface area (Å²) in [5.74, 6) is 0.432. The van der Waals surface area contributed by atoms with Crippen molar-refractivity contribution in [3.63, 3.8) is 0 Å². The molecule has 43 heavy (non-hydrogen) atoms. The minimum absolute atomic E-state index is 0.327. The van der Waals surface area contributed by atoms with Crippen molar-refractivity contribution in [1.29, 1.82) is 5.26 Å². The highest BCUT2D eigenvalue weighted by atomic mass is 32.1. The van der Waals surface area contributed by atoms with Crippen LogP contribution in [-0.2, 0) is 13.0 Å². The molecule has 2 N–H and O–H groups in total. The highest BCUT2D eigenvalue weighted by molar-refractivity contribution is 7.16. The average molecular weight is 595 g/mol. The maximum atomic E-state index is 13.4. The number of benzene rings is 1. The van der Waals surface area contributed by atoms with Crippen LogP contribution in [0.2, 0.25) is 0 Å². The molecule has 5 aromatic rings. The molecule has 1 aromatic carbocycles. The van der Waals surface area contributed by atoms with E-state index in [0.29, 0.717) is 39.9 Å². The molecule has 10 nitrogen and oxygen atoms in total. The number of hydrogen-bond donors (Lipinski definition) is 2. The molecule has 2 fully saturated rings. The fraction of sp³-hybridized carbons (Fsp3) is 0.323. The van der Waals surface area contributed by atoms with Crippen LogP contribution >= 0.6 is 11.3 Å². The van der Waals surface area contributed by atoms with Crippen molar-refractivity contribution < 1.29 is 4.39 Å². The average Bonchev–Trinajstić information content (AvgIpc) is 3.57. The molecule has 0 unspecified atom stereocenters. The second kappa shape index (κ2) is 11.3. The monoisotopic (exact) mass is 594 g/mol. The van der Waals surface area contributed by atoms with E-state index in [1.54, 1.807) is 12.1 Å². The Balaban J connectivity index is 1.07. The van der Waals surface area contributed by atoms with Crippen LogP contribution in [0.15, 0.2) is 55.0 Å². The van der Waals surface area contributed by atoms with E-state index in [1.807, 2.05) is 24.5 Å². The third-order valence-electron chi connectivity index (χ3n) is 8.06. The van der Waals surface area contributed by atoms with Crippen LogP contribution in [0.25, 0.3) is 28.0 Å². The quantitative estimate of drug-likeness (QED) is 0.260. The maximum Gasteiger partial charge on any atom is 0.225 e. The van der Waals surface area contributed by atoms with Crippen molar-refractivity contribution in [2.45, 2.75) is 32.0 Å². The van der Waals surface area contributed by atoms with Gasteiger partial charge in [-0.05, 0) is 49.9 Å². The predicted molar refractivity (Wildman–Crippen MR) is 166 cm³/mol. The van der Waals surface area contributed by atoms with E-state index in [0.717, 1.165) is 66.7 Å². The molecule has 218 valence electrons. The summed E-state index contributed by atoms with van der Waals surface area (Å²) in [4.78, 5) is 23.8. The van der Waals surface area contributed by atoms with E-state index in [2.05, 4.69) is 66.0 Å². The first-order chi connectivity index (χ1) is 21.0. The molecule has 0 aliphatic carbocycles. The number of aromatic nitrogens is 5. The van der Waals surface area contributed by atoms with Crippen LogP contribution in [0, 0.1) is 17.1 Å². The van der Waals surface area contributed by atoms with Gasteiger partial charge in [-0.2, -0.15) is 5.26 Å². The van der Waals surface area contributed by atoms with E-state index in [-0.39, 0.29) is 5.82 Å². The fourth-order valence-electron chi connectivity index (χ4n) is 5.74. The van der Waals surface area contributed by atoms with E-state index in [4.69, 9.17) is 4.98 Å². The third kappa shape index (κ3) is 5.43. The lowest BCUT2D eigenvalue weighted by Crippen LogP contribution is -2.66. The minimum atomic E-state index is -0.327. The molecule has 2 aliphatic heterocycles. The number of likely N-dealkylation sites (tertiary alicyclic amines) is 1. The molecule has 0 spiro atoms.